The second kappa shape index (κ2) is 7.68. The van der Waals surface area contributed by atoms with E-state index in [0.29, 0.717) is 0 Å². The van der Waals surface area contributed by atoms with Gasteiger partial charge in [0.15, 0.2) is 0 Å². The van der Waals surface area contributed by atoms with Crippen LogP contribution in [0, 0.1) is 6.92 Å². The largest absolute Gasteiger partial charge is 0.322 e. The number of nitrogens with zero attached hydrogens (tertiary/aromatic N) is 1. The second-order valence-corrected chi connectivity index (χ2v) is 9.24. The number of urea groups is 1. The second-order valence-electron chi connectivity index (χ2n) is 8.11. The van der Waals surface area contributed by atoms with Crippen LogP contribution in [0.3, 0.4) is 0 Å². The summed E-state index contributed by atoms with van der Waals surface area (Å²) < 4.78 is 0. The highest BCUT2D eigenvalue weighted by atomic mass is 32.1. The van der Waals surface area contributed by atoms with E-state index in [2.05, 4.69) is 36.5 Å². The number of amides is 2. The molecule has 29 heavy (non-hydrogen) atoms. The Morgan fingerprint density at radius 2 is 1.72 bits per heavy atom. The topological polar surface area (TPSA) is 32.3 Å². The molecule has 1 aliphatic carbocycles. The Morgan fingerprint density at radius 3 is 2.52 bits per heavy atom. The van der Waals surface area contributed by atoms with Crippen LogP contribution in [0.4, 0.5) is 10.5 Å². The van der Waals surface area contributed by atoms with Crippen LogP contribution < -0.4 is 5.32 Å². The number of rotatable bonds is 2. The number of carbonyl (C=O) groups excluding carboxylic acids is 1. The number of hydrogen-bond acceptors (Lipinski definition) is 2. The molecule has 3 aromatic rings. The summed E-state index contributed by atoms with van der Waals surface area (Å²) in [5.41, 5.74) is 6.36. The molecule has 1 atom stereocenters. The number of nitrogens with one attached hydrogen (secondary N) is 1. The molecule has 2 heterocycles. The van der Waals surface area contributed by atoms with Crippen molar-refractivity contribution in [3.8, 4) is 0 Å². The summed E-state index contributed by atoms with van der Waals surface area (Å²) in [6, 6.07) is 18.5. The standard InChI is InChI=1S/C25H26N2OS/c1-17-11-13-19(14-12-17)26-25(28)27-16-15-21-20-9-5-6-10-22(20)29-24(21)23(27)18-7-3-2-4-8-18/h2-4,7-8,11-14,23H,5-6,9-10,15-16H2,1H3,(H,26,28). The summed E-state index contributed by atoms with van der Waals surface area (Å²) in [5.74, 6) is 0. The molecule has 0 saturated heterocycles. The monoisotopic (exact) mass is 402 g/mol. The summed E-state index contributed by atoms with van der Waals surface area (Å²) in [7, 11) is 0. The van der Waals surface area contributed by atoms with Crippen molar-refractivity contribution in [2.45, 2.75) is 45.1 Å². The van der Waals surface area contributed by atoms with Crippen LogP contribution in [0.5, 0.6) is 0 Å². The highest BCUT2D eigenvalue weighted by Gasteiger charge is 2.36. The molecule has 1 unspecified atom stereocenters. The van der Waals surface area contributed by atoms with E-state index in [0.717, 1.165) is 18.7 Å². The Bertz CT molecular complexity index is 1020. The van der Waals surface area contributed by atoms with Gasteiger partial charge in [0.05, 0.1) is 6.04 Å². The van der Waals surface area contributed by atoms with Crippen molar-refractivity contribution < 1.29 is 4.79 Å². The summed E-state index contributed by atoms with van der Waals surface area (Å²) in [6.45, 7) is 2.81. The van der Waals surface area contributed by atoms with Crippen LogP contribution >= 0.6 is 11.3 Å². The van der Waals surface area contributed by atoms with Gasteiger partial charge in [-0.1, -0.05) is 48.0 Å². The zero-order valence-electron chi connectivity index (χ0n) is 16.8. The van der Waals surface area contributed by atoms with E-state index in [9.17, 15) is 4.79 Å². The predicted molar refractivity (Wildman–Crippen MR) is 120 cm³/mol. The minimum Gasteiger partial charge on any atom is -0.312 e. The smallest absolute Gasteiger partial charge is 0.312 e. The first-order chi connectivity index (χ1) is 14.2. The van der Waals surface area contributed by atoms with Crippen molar-refractivity contribution in [3.05, 3.63) is 86.6 Å². The van der Waals surface area contributed by atoms with E-state index in [1.165, 1.54) is 47.3 Å². The maximum Gasteiger partial charge on any atom is 0.322 e. The highest BCUT2D eigenvalue weighted by Crippen LogP contribution is 2.45. The Labute approximate surface area is 176 Å². The molecular formula is C25H26N2OS. The lowest BCUT2D eigenvalue weighted by atomic mass is 9.88. The molecule has 0 fully saturated rings. The van der Waals surface area contributed by atoms with Crippen LogP contribution in [0.15, 0.2) is 54.6 Å². The van der Waals surface area contributed by atoms with Crippen molar-refractivity contribution in [3.63, 3.8) is 0 Å². The van der Waals surface area contributed by atoms with Crippen molar-refractivity contribution in [2.75, 3.05) is 11.9 Å². The lowest BCUT2D eigenvalue weighted by Crippen LogP contribution is -2.42. The summed E-state index contributed by atoms with van der Waals surface area (Å²) in [6.07, 6.45) is 5.96. The minimum absolute atomic E-state index is 0.000924. The molecule has 1 aliphatic heterocycles. The zero-order valence-corrected chi connectivity index (χ0v) is 17.6. The molecule has 148 valence electrons. The first kappa shape index (κ1) is 18.4. The van der Waals surface area contributed by atoms with Crippen LogP contribution in [0.25, 0.3) is 0 Å². The van der Waals surface area contributed by atoms with E-state index < -0.39 is 0 Å². The molecule has 0 saturated carbocycles. The van der Waals surface area contributed by atoms with E-state index in [-0.39, 0.29) is 12.1 Å². The third-order valence-corrected chi connectivity index (χ3v) is 7.54. The number of carbonyl (C=O) groups is 1. The Kier molecular flexibility index (Phi) is 4.88. The van der Waals surface area contributed by atoms with Gasteiger partial charge in [-0.25, -0.2) is 4.79 Å². The number of anilines is 1. The number of aryl methyl sites for hydroxylation is 2. The molecule has 1 aromatic heterocycles. The van der Waals surface area contributed by atoms with Gasteiger partial charge in [-0.15, -0.1) is 11.3 Å². The lowest BCUT2D eigenvalue weighted by molar-refractivity contribution is 0.195. The van der Waals surface area contributed by atoms with E-state index in [1.54, 1.807) is 10.4 Å². The molecule has 3 nitrogen and oxygen atoms in total. The van der Waals surface area contributed by atoms with Gasteiger partial charge in [0, 0.05) is 22.0 Å². The lowest BCUT2D eigenvalue weighted by Gasteiger charge is -2.36. The summed E-state index contributed by atoms with van der Waals surface area (Å²) in [4.78, 5) is 18.3. The average Bonchev–Trinajstić information content (AvgIpc) is 3.14. The molecule has 4 heteroatoms. The normalized spacial score (nSPS) is 18.1. The number of benzene rings is 2. The number of thiophene rings is 1. The molecule has 2 aliphatic rings. The van der Waals surface area contributed by atoms with Crippen LogP contribution in [0.1, 0.15) is 50.9 Å². The zero-order chi connectivity index (χ0) is 19.8. The SMILES string of the molecule is Cc1ccc(NC(=O)N2CCc3c(sc4c3CCCC4)C2c2ccccc2)cc1. The van der Waals surface area contributed by atoms with Gasteiger partial charge in [0.1, 0.15) is 0 Å². The molecule has 1 N–H and O–H groups in total. The third kappa shape index (κ3) is 3.46. The first-order valence-corrected chi connectivity index (χ1v) is 11.3. The molecule has 0 radical (unpaired) electrons. The molecule has 2 amide bonds. The van der Waals surface area contributed by atoms with Crippen molar-refractivity contribution in [2.24, 2.45) is 0 Å². The quantitative estimate of drug-likeness (QED) is 0.551. The van der Waals surface area contributed by atoms with Crippen LogP contribution in [-0.4, -0.2) is 17.5 Å². The molecule has 0 spiro atoms. The van der Waals surface area contributed by atoms with Crippen molar-refractivity contribution >= 4 is 23.1 Å². The van der Waals surface area contributed by atoms with Crippen molar-refractivity contribution in [1.82, 2.24) is 4.90 Å². The van der Waals surface area contributed by atoms with Gasteiger partial charge in [0.2, 0.25) is 0 Å². The molecular weight excluding hydrogens is 376 g/mol. The fourth-order valence-corrected chi connectivity index (χ4v) is 6.25. The first-order valence-electron chi connectivity index (χ1n) is 10.5. The van der Waals surface area contributed by atoms with Gasteiger partial charge >= 0.3 is 6.03 Å². The van der Waals surface area contributed by atoms with Crippen LogP contribution in [-0.2, 0) is 19.3 Å². The molecule has 2 aromatic carbocycles. The summed E-state index contributed by atoms with van der Waals surface area (Å²) >= 11 is 1.95. The van der Waals surface area contributed by atoms with Gasteiger partial charge in [-0.05, 0) is 67.9 Å². The summed E-state index contributed by atoms with van der Waals surface area (Å²) in [5, 5.41) is 3.12. The minimum atomic E-state index is -0.0141. The van der Waals surface area contributed by atoms with Gasteiger partial charge in [0.25, 0.3) is 0 Å². The van der Waals surface area contributed by atoms with Gasteiger partial charge < -0.3 is 10.2 Å². The Morgan fingerprint density at radius 1 is 0.966 bits per heavy atom. The van der Waals surface area contributed by atoms with E-state index in [4.69, 9.17) is 0 Å². The average molecular weight is 403 g/mol. The fraction of sp³-hybridized carbons (Fsp3) is 0.320. The fourth-order valence-electron chi connectivity index (χ4n) is 4.67. The van der Waals surface area contributed by atoms with Crippen LogP contribution in [0.2, 0.25) is 0 Å². The Hall–Kier alpha value is -2.59. The maximum absolute atomic E-state index is 13.3. The Balaban J connectivity index is 1.52. The van der Waals surface area contributed by atoms with Gasteiger partial charge in [-0.3, -0.25) is 0 Å². The third-order valence-electron chi connectivity index (χ3n) is 6.15. The molecule has 5 rings (SSSR count). The van der Waals surface area contributed by atoms with E-state index in [1.807, 2.05) is 46.6 Å². The molecule has 0 bridgehead atoms. The maximum atomic E-state index is 13.3. The van der Waals surface area contributed by atoms with E-state index >= 15 is 0 Å². The van der Waals surface area contributed by atoms with Crippen molar-refractivity contribution in [1.29, 1.82) is 0 Å². The van der Waals surface area contributed by atoms with Gasteiger partial charge in [-0.2, -0.15) is 0 Å². The number of fused-ring (bicyclic) bond motifs is 3. The predicted octanol–water partition coefficient (Wildman–Crippen LogP) is 6.11. The number of hydrogen-bond donors (Lipinski definition) is 1. The highest BCUT2D eigenvalue weighted by molar-refractivity contribution is 7.12.